The monoisotopic (exact) mass is 339 g/mol. The van der Waals surface area contributed by atoms with Crippen LogP contribution in [-0.4, -0.2) is 16.1 Å². The Hall–Kier alpha value is -3.02. The summed E-state index contributed by atoms with van der Waals surface area (Å²) in [5.74, 6) is -0.0991. The molecule has 0 bridgehead atoms. The minimum atomic E-state index is -0.423. The molecule has 5 nitrogen and oxygen atoms in total. The zero-order chi connectivity index (χ0) is 17.6. The zero-order valence-corrected chi connectivity index (χ0v) is 13.8. The molecule has 0 spiro atoms. The Morgan fingerprint density at radius 2 is 2.00 bits per heavy atom. The van der Waals surface area contributed by atoms with Crippen LogP contribution in [0.4, 0.5) is 4.39 Å². The predicted octanol–water partition coefficient (Wildman–Crippen LogP) is 3.43. The first-order valence-corrected chi connectivity index (χ1v) is 8.01. The van der Waals surface area contributed by atoms with Crippen LogP contribution in [0.15, 0.2) is 52.9 Å². The Bertz CT molecular complexity index is 876. The standard InChI is InChI=1S/C19H18FN3O2/c1-13-5-4-6-14(11-13)12-21-17(24)9-10-18-22-23-19(25-18)15-7-2-3-8-16(15)20/h2-8,11H,9-10,12H2,1H3,(H,21,24). The third kappa shape index (κ3) is 4.50. The summed E-state index contributed by atoms with van der Waals surface area (Å²) in [4.78, 5) is 11.9. The third-order valence-corrected chi connectivity index (χ3v) is 3.71. The van der Waals surface area contributed by atoms with Gasteiger partial charge < -0.3 is 9.73 Å². The maximum Gasteiger partial charge on any atom is 0.250 e. The second-order valence-electron chi connectivity index (χ2n) is 5.75. The molecule has 2 aromatic carbocycles. The number of hydrogen-bond donors (Lipinski definition) is 1. The summed E-state index contributed by atoms with van der Waals surface area (Å²) in [6.45, 7) is 2.48. The van der Waals surface area contributed by atoms with E-state index in [0.717, 1.165) is 11.1 Å². The highest BCUT2D eigenvalue weighted by Gasteiger charge is 2.13. The van der Waals surface area contributed by atoms with Gasteiger partial charge in [0.1, 0.15) is 5.82 Å². The van der Waals surface area contributed by atoms with Gasteiger partial charge >= 0.3 is 0 Å². The molecule has 0 atom stereocenters. The Kier molecular flexibility index (Phi) is 5.18. The molecule has 0 unspecified atom stereocenters. The largest absolute Gasteiger partial charge is 0.421 e. The number of aromatic nitrogens is 2. The summed E-state index contributed by atoms with van der Waals surface area (Å²) in [6, 6.07) is 14.1. The molecule has 128 valence electrons. The van der Waals surface area contributed by atoms with Crippen LogP contribution in [0.1, 0.15) is 23.4 Å². The van der Waals surface area contributed by atoms with Gasteiger partial charge in [-0.2, -0.15) is 0 Å². The molecular weight excluding hydrogens is 321 g/mol. The summed E-state index contributed by atoms with van der Waals surface area (Å²) >= 11 is 0. The summed E-state index contributed by atoms with van der Waals surface area (Å²) in [5.41, 5.74) is 2.46. The Labute approximate surface area is 144 Å². The summed E-state index contributed by atoms with van der Waals surface area (Å²) in [7, 11) is 0. The molecule has 1 N–H and O–H groups in total. The van der Waals surface area contributed by atoms with Gasteiger partial charge in [0.25, 0.3) is 5.89 Å². The summed E-state index contributed by atoms with van der Waals surface area (Å²) in [6.07, 6.45) is 0.534. The number of amides is 1. The first-order chi connectivity index (χ1) is 12.1. The lowest BCUT2D eigenvalue weighted by Gasteiger charge is -2.05. The average molecular weight is 339 g/mol. The van der Waals surface area contributed by atoms with Crippen LogP contribution in [-0.2, 0) is 17.8 Å². The highest BCUT2D eigenvalue weighted by atomic mass is 19.1. The van der Waals surface area contributed by atoms with Crippen molar-refractivity contribution < 1.29 is 13.6 Å². The van der Waals surface area contributed by atoms with Crippen LogP contribution in [0.25, 0.3) is 11.5 Å². The van der Waals surface area contributed by atoms with Crippen LogP contribution in [0.5, 0.6) is 0 Å². The van der Waals surface area contributed by atoms with E-state index >= 15 is 0 Å². The summed E-state index contributed by atoms with van der Waals surface area (Å²) < 4.78 is 19.1. The molecule has 0 aliphatic carbocycles. The highest BCUT2D eigenvalue weighted by Crippen LogP contribution is 2.21. The number of hydrogen-bond acceptors (Lipinski definition) is 4. The number of carbonyl (C=O) groups excluding carboxylic acids is 1. The van der Waals surface area contributed by atoms with Crippen LogP contribution in [0.2, 0.25) is 0 Å². The van der Waals surface area contributed by atoms with Crippen molar-refractivity contribution in [3.8, 4) is 11.5 Å². The van der Waals surface area contributed by atoms with E-state index in [9.17, 15) is 9.18 Å². The number of benzene rings is 2. The smallest absolute Gasteiger partial charge is 0.250 e. The van der Waals surface area contributed by atoms with E-state index < -0.39 is 5.82 Å². The number of nitrogens with zero attached hydrogens (tertiary/aromatic N) is 2. The van der Waals surface area contributed by atoms with Crippen molar-refractivity contribution >= 4 is 5.91 Å². The molecule has 1 heterocycles. The fourth-order valence-corrected chi connectivity index (χ4v) is 2.43. The number of halogens is 1. The van der Waals surface area contributed by atoms with Crippen LogP contribution in [0, 0.1) is 12.7 Å². The van der Waals surface area contributed by atoms with Gasteiger partial charge in [-0.05, 0) is 24.6 Å². The second kappa shape index (κ2) is 7.70. The first kappa shape index (κ1) is 16.8. The number of rotatable bonds is 6. The maximum atomic E-state index is 13.7. The van der Waals surface area contributed by atoms with Gasteiger partial charge in [-0.15, -0.1) is 10.2 Å². The van der Waals surface area contributed by atoms with Crippen LogP contribution < -0.4 is 5.32 Å². The minimum absolute atomic E-state index is 0.104. The van der Waals surface area contributed by atoms with Gasteiger partial charge in [0.05, 0.1) is 5.56 Å². The molecule has 3 rings (SSSR count). The van der Waals surface area contributed by atoms with Crippen LogP contribution >= 0.6 is 0 Å². The molecule has 1 amide bonds. The topological polar surface area (TPSA) is 68.0 Å². The molecule has 25 heavy (non-hydrogen) atoms. The van der Waals surface area contributed by atoms with Crippen molar-refractivity contribution in [1.29, 1.82) is 0 Å². The highest BCUT2D eigenvalue weighted by molar-refractivity contribution is 5.76. The maximum absolute atomic E-state index is 13.7. The van der Waals surface area contributed by atoms with E-state index in [-0.39, 0.29) is 23.8 Å². The Morgan fingerprint density at radius 1 is 1.16 bits per heavy atom. The van der Waals surface area contributed by atoms with Gasteiger partial charge in [0.15, 0.2) is 0 Å². The molecule has 0 fully saturated rings. The van der Waals surface area contributed by atoms with Crippen LogP contribution in [0.3, 0.4) is 0 Å². The Balaban J connectivity index is 1.52. The normalized spacial score (nSPS) is 10.6. The molecule has 0 saturated heterocycles. The lowest BCUT2D eigenvalue weighted by Crippen LogP contribution is -2.23. The molecule has 1 aromatic heterocycles. The quantitative estimate of drug-likeness (QED) is 0.747. The van der Waals surface area contributed by atoms with E-state index in [1.165, 1.54) is 6.07 Å². The van der Waals surface area contributed by atoms with Crippen molar-refractivity contribution in [2.45, 2.75) is 26.3 Å². The molecule has 0 saturated carbocycles. The van der Waals surface area contributed by atoms with Gasteiger partial charge in [-0.1, -0.05) is 42.0 Å². The van der Waals surface area contributed by atoms with Gasteiger partial charge in [-0.25, -0.2) is 4.39 Å². The predicted molar refractivity (Wildman–Crippen MR) is 91.0 cm³/mol. The van der Waals surface area contributed by atoms with Crippen molar-refractivity contribution in [3.05, 3.63) is 71.4 Å². The van der Waals surface area contributed by atoms with E-state index in [1.54, 1.807) is 18.2 Å². The Morgan fingerprint density at radius 3 is 2.80 bits per heavy atom. The van der Waals surface area contributed by atoms with Crippen molar-refractivity contribution in [2.24, 2.45) is 0 Å². The van der Waals surface area contributed by atoms with E-state index in [1.807, 2.05) is 31.2 Å². The molecular formula is C19H18FN3O2. The summed E-state index contributed by atoms with van der Waals surface area (Å²) in [5, 5.41) is 10.6. The first-order valence-electron chi connectivity index (χ1n) is 8.01. The third-order valence-electron chi connectivity index (χ3n) is 3.71. The molecule has 0 aliphatic rings. The second-order valence-corrected chi connectivity index (χ2v) is 5.75. The zero-order valence-electron chi connectivity index (χ0n) is 13.8. The molecule has 6 heteroatoms. The molecule has 3 aromatic rings. The van der Waals surface area contributed by atoms with Crippen molar-refractivity contribution in [3.63, 3.8) is 0 Å². The molecule has 0 radical (unpaired) electrons. The van der Waals surface area contributed by atoms with E-state index in [4.69, 9.17) is 4.42 Å². The lowest BCUT2D eigenvalue weighted by molar-refractivity contribution is -0.121. The molecule has 0 aliphatic heterocycles. The van der Waals surface area contributed by atoms with Crippen molar-refractivity contribution in [2.75, 3.05) is 0 Å². The van der Waals surface area contributed by atoms with Gasteiger partial charge in [0, 0.05) is 19.4 Å². The lowest BCUT2D eigenvalue weighted by atomic mass is 10.1. The number of aryl methyl sites for hydroxylation is 2. The van der Waals surface area contributed by atoms with E-state index in [0.29, 0.717) is 18.9 Å². The fourth-order valence-electron chi connectivity index (χ4n) is 2.43. The SMILES string of the molecule is Cc1cccc(CNC(=O)CCc2nnc(-c3ccccc3F)o2)c1. The fraction of sp³-hybridized carbons (Fsp3) is 0.211. The van der Waals surface area contributed by atoms with Gasteiger partial charge in [-0.3, -0.25) is 4.79 Å². The number of carbonyl (C=O) groups is 1. The van der Waals surface area contributed by atoms with Crippen molar-refractivity contribution in [1.82, 2.24) is 15.5 Å². The average Bonchev–Trinajstić information content (AvgIpc) is 3.07. The van der Waals surface area contributed by atoms with Gasteiger partial charge in [0.2, 0.25) is 11.8 Å². The number of nitrogens with one attached hydrogen (secondary N) is 1. The van der Waals surface area contributed by atoms with E-state index in [2.05, 4.69) is 15.5 Å². The minimum Gasteiger partial charge on any atom is -0.421 e.